The van der Waals surface area contributed by atoms with Gasteiger partial charge < -0.3 is 5.32 Å². The predicted molar refractivity (Wildman–Crippen MR) is 98.9 cm³/mol. The molecule has 0 unspecified atom stereocenters. The van der Waals surface area contributed by atoms with Crippen LogP contribution in [0.15, 0.2) is 53.6 Å². The molecule has 1 amide bonds. The molecule has 134 valence electrons. The summed E-state index contributed by atoms with van der Waals surface area (Å²) in [5.41, 5.74) is 1.40. The molecule has 0 aliphatic heterocycles. The van der Waals surface area contributed by atoms with Crippen LogP contribution < -0.4 is 11.0 Å². The zero-order valence-electron chi connectivity index (χ0n) is 14.2. The van der Waals surface area contributed by atoms with Gasteiger partial charge in [-0.3, -0.25) is 14.3 Å². The molecule has 0 saturated heterocycles. The van der Waals surface area contributed by atoms with Crippen molar-refractivity contribution in [2.24, 2.45) is 7.05 Å². The molecule has 0 aliphatic rings. The molecular formula is C18H18ClN5O2. The number of hydrogen-bond donors (Lipinski definition) is 1. The highest BCUT2D eigenvalue weighted by atomic mass is 35.5. The van der Waals surface area contributed by atoms with Crippen molar-refractivity contribution < 1.29 is 4.79 Å². The predicted octanol–water partition coefficient (Wildman–Crippen LogP) is 1.66. The summed E-state index contributed by atoms with van der Waals surface area (Å²) in [6, 6.07) is 10.7. The maximum Gasteiger partial charge on any atom is 0.345 e. The summed E-state index contributed by atoms with van der Waals surface area (Å²) in [5, 5.41) is 7.76. The Bertz CT molecular complexity index is 948. The van der Waals surface area contributed by atoms with Gasteiger partial charge in [-0.2, -0.15) is 0 Å². The van der Waals surface area contributed by atoms with Gasteiger partial charge in [-0.1, -0.05) is 23.7 Å². The largest absolute Gasteiger partial charge is 0.354 e. The maximum absolute atomic E-state index is 12.3. The molecule has 3 rings (SSSR count). The van der Waals surface area contributed by atoms with E-state index < -0.39 is 0 Å². The minimum absolute atomic E-state index is 0.121. The van der Waals surface area contributed by atoms with Gasteiger partial charge in [0, 0.05) is 36.6 Å². The van der Waals surface area contributed by atoms with Crippen LogP contribution in [0.1, 0.15) is 5.56 Å². The minimum atomic E-state index is -0.240. The Balaban J connectivity index is 1.59. The van der Waals surface area contributed by atoms with Gasteiger partial charge in [0.15, 0.2) is 5.82 Å². The summed E-state index contributed by atoms with van der Waals surface area (Å²) in [6.45, 7) is 0.606. The highest BCUT2D eigenvalue weighted by Crippen LogP contribution is 2.12. The van der Waals surface area contributed by atoms with E-state index in [1.807, 2.05) is 18.2 Å². The van der Waals surface area contributed by atoms with E-state index in [4.69, 9.17) is 11.6 Å². The normalized spacial score (nSPS) is 10.7. The topological polar surface area (TPSA) is 81.8 Å². The number of carbonyl (C=O) groups excluding carboxylic acids is 1. The molecule has 0 radical (unpaired) electrons. The first-order chi connectivity index (χ1) is 12.5. The Morgan fingerprint density at radius 2 is 2.00 bits per heavy atom. The lowest BCUT2D eigenvalue weighted by atomic mass is 10.1. The Labute approximate surface area is 155 Å². The summed E-state index contributed by atoms with van der Waals surface area (Å²) < 4.78 is 2.80. The van der Waals surface area contributed by atoms with Crippen molar-refractivity contribution in [2.75, 3.05) is 6.54 Å². The Morgan fingerprint density at radius 3 is 2.69 bits per heavy atom. The number of hydrogen-bond acceptors (Lipinski definition) is 4. The number of nitrogens with one attached hydrogen (secondary N) is 1. The average Bonchev–Trinajstić information content (AvgIpc) is 2.93. The van der Waals surface area contributed by atoms with E-state index in [-0.39, 0.29) is 18.0 Å². The fourth-order valence-electron chi connectivity index (χ4n) is 2.53. The highest BCUT2D eigenvalue weighted by Gasteiger charge is 2.12. The van der Waals surface area contributed by atoms with Gasteiger partial charge in [0.25, 0.3) is 0 Å². The van der Waals surface area contributed by atoms with Crippen LogP contribution in [0.3, 0.4) is 0 Å². The van der Waals surface area contributed by atoms with E-state index in [9.17, 15) is 9.59 Å². The zero-order chi connectivity index (χ0) is 18.5. The molecule has 0 spiro atoms. The second-order valence-electron chi connectivity index (χ2n) is 5.78. The molecule has 1 aromatic carbocycles. The van der Waals surface area contributed by atoms with Crippen molar-refractivity contribution >= 4 is 17.5 Å². The number of benzene rings is 1. The lowest BCUT2D eigenvalue weighted by Gasteiger charge is -2.05. The van der Waals surface area contributed by atoms with Crippen molar-refractivity contribution in [3.63, 3.8) is 0 Å². The molecule has 0 aliphatic carbocycles. The number of rotatable bonds is 6. The van der Waals surface area contributed by atoms with Gasteiger partial charge in [-0.05, 0) is 29.8 Å². The molecule has 0 atom stereocenters. The van der Waals surface area contributed by atoms with Crippen LogP contribution in [0.2, 0.25) is 5.02 Å². The summed E-state index contributed by atoms with van der Waals surface area (Å²) in [6.07, 6.45) is 3.57. The number of aromatic nitrogens is 4. The molecule has 2 aromatic heterocycles. The van der Waals surface area contributed by atoms with E-state index in [0.717, 1.165) is 11.1 Å². The van der Waals surface area contributed by atoms with Crippen LogP contribution in [0.5, 0.6) is 0 Å². The number of nitrogens with zero attached hydrogens (tertiary/aromatic N) is 4. The van der Waals surface area contributed by atoms with Gasteiger partial charge in [-0.25, -0.2) is 9.48 Å². The van der Waals surface area contributed by atoms with Crippen LogP contribution in [-0.2, 0) is 24.8 Å². The van der Waals surface area contributed by atoms with Crippen molar-refractivity contribution in [1.29, 1.82) is 0 Å². The molecular weight excluding hydrogens is 354 g/mol. The molecule has 0 fully saturated rings. The van der Waals surface area contributed by atoms with E-state index in [1.165, 1.54) is 9.25 Å². The SMILES string of the molecule is Cn1c(-c2cccnc2)nn(CCNC(=O)Cc2ccc(Cl)cc2)c1=O. The second kappa shape index (κ2) is 7.97. The number of halogens is 1. The van der Waals surface area contributed by atoms with Crippen LogP contribution in [0.4, 0.5) is 0 Å². The maximum atomic E-state index is 12.3. The van der Waals surface area contributed by atoms with E-state index in [0.29, 0.717) is 23.9 Å². The average molecular weight is 372 g/mol. The van der Waals surface area contributed by atoms with Crippen molar-refractivity contribution in [1.82, 2.24) is 24.6 Å². The lowest BCUT2D eigenvalue weighted by molar-refractivity contribution is -0.120. The minimum Gasteiger partial charge on any atom is -0.354 e. The highest BCUT2D eigenvalue weighted by molar-refractivity contribution is 6.30. The Morgan fingerprint density at radius 1 is 1.23 bits per heavy atom. The molecule has 7 nitrogen and oxygen atoms in total. The third-order valence-corrected chi connectivity index (χ3v) is 4.14. The molecule has 26 heavy (non-hydrogen) atoms. The van der Waals surface area contributed by atoms with Gasteiger partial charge in [0.2, 0.25) is 5.91 Å². The van der Waals surface area contributed by atoms with E-state index >= 15 is 0 Å². The summed E-state index contributed by atoms with van der Waals surface area (Å²) >= 11 is 5.83. The molecule has 0 saturated carbocycles. The fourth-order valence-corrected chi connectivity index (χ4v) is 2.66. The standard InChI is InChI=1S/C18H18ClN5O2/c1-23-17(14-3-2-8-20-12-14)22-24(18(23)26)10-9-21-16(25)11-13-4-6-15(19)7-5-13/h2-8,12H,9-11H2,1H3,(H,21,25). The number of carbonyl (C=O) groups is 1. The fraction of sp³-hybridized carbons (Fsp3) is 0.222. The number of pyridine rings is 1. The van der Waals surface area contributed by atoms with Crippen molar-refractivity contribution in [3.8, 4) is 11.4 Å². The van der Waals surface area contributed by atoms with Gasteiger partial charge in [0.05, 0.1) is 13.0 Å². The van der Waals surface area contributed by atoms with Gasteiger partial charge in [0.1, 0.15) is 0 Å². The van der Waals surface area contributed by atoms with E-state index in [1.54, 1.807) is 37.6 Å². The molecule has 2 heterocycles. The van der Waals surface area contributed by atoms with Gasteiger partial charge >= 0.3 is 5.69 Å². The summed E-state index contributed by atoms with van der Waals surface area (Å²) in [5.74, 6) is 0.416. The molecule has 3 aromatic rings. The van der Waals surface area contributed by atoms with Crippen LogP contribution in [0.25, 0.3) is 11.4 Å². The Hall–Kier alpha value is -2.93. The summed E-state index contributed by atoms with van der Waals surface area (Å²) in [7, 11) is 1.66. The zero-order valence-corrected chi connectivity index (χ0v) is 15.0. The third kappa shape index (κ3) is 4.18. The monoisotopic (exact) mass is 371 g/mol. The molecule has 0 bridgehead atoms. The first-order valence-corrected chi connectivity index (χ1v) is 8.48. The third-order valence-electron chi connectivity index (χ3n) is 3.88. The van der Waals surface area contributed by atoms with Crippen LogP contribution in [0, 0.1) is 0 Å². The first kappa shape index (κ1) is 17.9. The summed E-state index contributed by atoms with van der Waals surface area (Å²) in [4.78, 5) is 28.3. The van der Waals surface area contributed by atoms with Crippen molar-refractivity contribution in [3.05, 3.63) is 69.9 Å². The van der Waals surface area contributed by atoms with Crippen LogP contribution >= 0.6 is 11.6 Å². The smallest absolute Gasteiger partial charge is 0.345 e. The van der Waals surface area contributed by atoms with Crippen LogP contribution in [-0.4, -0.2) is 31.8 Å². The second-order valence-corrected chi connectivity index (χ2v) is 6.22. The Kier molecular flexibility index (Phi) is 5.48. The first-order valence-electron chi connectivity index (χ1n) is 8.10. The van der Waals surface area contributed by atoms with E-state index in [2.05, 4.69) is 15.4 Å². The molecule has 8 heteroatoms. The number of amides is 1. The molecule has 1 N–H and O–H groups in total. The lowest BCUT2D eigenvalue weighted by Crippen LogP contribution is -2.32. The van der Waals surface area contributed by atoms with Gasteiger partial charge in [-0.15, -0.1) is 5.10 Å². The van der Waals surface area contributed by atoms with Crippen molar-refractivity contribution in [2.45, 2.75) is 13.0 Å². The quantitative estimate of drug-likeness (QED) is 0.714.